The van der Waals surface area contributed by atoms with E-state index >= 15 is 0 Å². The first-order valence-electron chi connectivity index (χ1n) is 8.31. The molecule has 2 aromatic carbocycles. The third kappa shape index (κ3) is 3.54. The lowest BCUT2D eigenvalue weighted by Gasteiger charge is -2.29. The molecule has 1 heterocycles. The molecule has 0 saturated carbocycles. The van der Waals surface area contributed by atoms with Gasteiger partial charge in [0.1, 0.15) is 5.75 Å². The molecule has 1 unspecified atom stereocenters. The zero-order valence-electron chi connectivity index (χ0n) is 14.9. The van der Waals surface area contributed by atoms with Gasteiger partial charge in [0, 0.05) is 11.4 Å². The van der Waals surface area contributed by atoms with Crippen LogP contribution in [0.1, 0.15) is 29.7 Å². The average molecular weight is 351 g/mol. The molecule has 6 nitrogen and oxygen atoms in total. The van der Waals surface area contributed by atoms with Crippen LogP contribution in [0.3, 0.4) is 0 Å². The van der Waals surface area contributed by atoms with Crippen molar-refractivity contribution in [3.05, 3.63) is 70.4 Å². The van der Waals surface area contributed by atoms with E-state index in [1.165, 1.54) is 12.1 Å². The fraction of sp³-hybridized carbons (Fsp3) is 0.200. The van der Waals surface area contributed by atoms with Gasteiger partial charge in [-0.15, -0.1) is 0 Å². The Morgan fingerprint density at radius 3 is 2.46 bits per heavy atom. The van der Waals surface area contributed by atoms with E-state index in [0.29, 0.717) is 16.8 Å². The van der Waals surface area contributed by atoms with E-state index in [0.717, 1.165) is 16.8 Å². The van der Waals surface area contributed by atoms with Crippen LogP contribution in [0.5, 0.6) is 5.75 Å². The Hall–Kier alpha value is -3.28. The molecule has 0 radical (unpaired) electrons. The van der Waals surface area contributed by atoms with E-state index in [2.05, 4.69) is 16.0 Å². The molecule has 0 aromatic heterocycles. The normalized spacial score (nSPS) is 16.7. The number of carbonyl (C=O) groups excluding carboxylic acids is 2. The molecular formula is C20H21N3O3. The SMILES string of the molecule is CC1=C(C(=O)Nc2cc(C)ccc2C)C(c2ccc(O)cc2)NC(=O)N1. The van der Waals surface area contributed by atoms with E-state index in [9.17, 15) is 14.7 Å². The van der Waals surface area contributed by atoms with E-state index in [4.69, 9.17) is 0 Å². The molecule has 2 aromatic rings. The molecule has 134 valence electrons. The number of aryl methyl sites for hydroxylation is 2. The molecule has 26 heavy (non-hydrogen) atoms. The highest BCUT2D eigenvalue weighted by Crippen LogP contribution is 2.29. The number of allylic oxidation sites excluding steroid dienone is 1. The van der Waals surface area contributed by atoms with Crippen LogP contribution in [-0.2, 0) is 4.79 Å². The fourth-order valence-electron chi connectivity index (χ4n) is 2.97. The van der Waals surface area contributed by atoms with Crippen molar-refractivity contribution in [3.8, 4) is 5.75 Å². The summed E-state index contributed by atoms with van der Waals surface area (Å²) in [5, 5.41) is 17.9. The van der Waals surface area contributed by atoms with Crippen molar-refractivity contribution in [3.63, 3.8) is 0 Å². The first kappa shape index (κ1) is 17.5. The molecule has 0 bridgehead atoms. The topological polar surface area (TPSA) is 90.5 Å². The monoisotopic (exact) mass is 351 g/mol. The molecule has 4 N–H and O–H groups in total. The minimum atomic E-state index is -0.602. The number of nitrogens with one attached hydrogen (secondary N) is 3. The van der Waals surface area contributed by atoms with Crippen LogP contribution in [0.4, 0.5) is 10.5 Å². The maximum Gasteiger partial charge on any atom is 0.319 e. The van der Waals surface area contributed by atoms with Crippen LogP contribution in [0.2, 0.25) is 0 Å². The van der Waals surface area contributed by atoms with Gasteiger partial charge in [0.2, 0.25) is 0 Å². The molecule has 1 atom stereocenters. The second kappa shape index (κ2) is 6.92. The minimum absolute atomic E-state index is 0.121. The molecule has 0 aliphatic carbocycles. The van der Waals surface area contributed by atoms with Gasteiger partial charge >= 0.3 is 6.03 Å². The van der Waals surface area contributed by atoms with Crippen molar-refractivity contribution < 1.29 is 14.7 Å². The average Bonchev–Trinajstić information content (AvgIpc) is 2.58. The van der Waals surface area contributed by atoms with Crippen LogP contribution in [0.15, 0.2) is 53.7 Å². The summed E-state index contributed by atoms with van der Waals surface area (Å²) in [7, 11) is 0. The van der Waals surface area contributed by atoms with E-state index < -0.39 is 6.04 Å². The maximum atomic E-state index is 13.0. The van der Waals surface area contributed by atoms with E-state index in [1.54, 1.807) is 19.1 Å². The summed E-state index contributed by atoms with van der Waals surface area (Å²) in [5.41, 5.74) is 4.36. The minimum Gasteiger partial charge on any atom is -0.508 e. The molecule has 0 fully saturated rings. The van der Waals surface area contributed by atoms with Crippen molar-refractivity contribution in [2.75, 3.05) is 5.32 Å². The Morgan fingerprint density at radius 2 is 1.77 bits per heavy atom. The molecule has 6 heteroatoms. The Morgan fingerprint density at radius 1 is 1.08 bits per heavy atom. The van der Waals surface area contributed by atoms with Gasteiger partial charge in [-0.25, -0.2) is 4.79 Å². The lowest BCUT2D eigenvalue weighted by Crippen LogP contribution is -2.46. The van der Waals surface area contributed by atoms with Crippen LogP contribution >= 0.6 is 0 Å². The number of anilines is 1. The Bertz CT molecular complexity index is 901. The second-order valence-electron chi connectivity index (χ2n) is 6.43. The number of benzene rings is 2. The number of hydrogen-bond donors (Lipinski definition) is 4. The molecular weight excluding hydrogens is 330 g/mol. The largest absolute Gasteiger partial charge is 0.508 e. The standard InChI is InChI=1S/C20H21N3O3/c1-11-4-5-12(2)16(10-11)22-19(25)17-13(3)21-20(26)23-18(17)14-6-8-15(24)9-7-14/h4-10,18,24H,1-3H3,(H,22,25)(H2,21,23,26). The van der Waals surface area contributed by atoms with Gasteiger partial charge in [-0.05, 0) is 55.7 Å². The third-order valence-electron chi connectivity index (χ3n) is 4.38. The number of phenolic OH excluding ortho intramolecular Hbond substituents is 1. The quantitative estimate of drug-likeness (QED) is 0.684. The first-order chi connectivity index (χ1) is 12.3. The number of hydrogen-bond acceptors (Lipinski definition) is 3. The predicted molar refractivity (Wildman–Crippen MR) is 99.8 cm³/mol. The smallest absolute Gasteiger partial charge is 0.319 e. The van der Waals surface area contributed by atoms with Gasteiger partial charge < -0.3 is 21.1 Å². The number of carbonyl (C=O) groups is 2. The summed E-state index contributed by atoms with van der Waals surface area (Å²) in [4.78, 5) is 24.9. The van der Waals surface area contributed by atoms with Crippen LogP contribution < -0.4 is 16.0 Å². The number of aromatic hydroxyl groups is 1. The Balaban J connectivity index is 1.96. The van der Waals surface area contributed by atoms with Crippen LogP contribution in [-0.4, -0.2) is 17.0 Å². The summed E-state index contributed by atoms with van der Waals surface area (Å²) in [6.07, 6.45) is 0. The Labute approximate surface area is 151 Å². The fourth-order valence-corrected chi connectivity index (χ4v) is 2.97. The van der Waals surface area contributed by atoms with Crippen molar-refractivity contribution in [1.82, 2.24) is 10.6 Å². The van der Waals surface area contributed by atoms with E-state index in [1.807, 2.05) is 32.0 Å². The van der Waals surface area contributed by atoms with Crippen LogP contribution in [0, 0.1) is 13.8 Å². The Kier molecular flexibility index (Phi) is 4.67. The number of urea groups is 1. The molecule has 1 aliphatic heterocycles. The lowest BCUT2D eigenvalue weighted by molar-refractivity contribution is -0.113. The molecule has 3 amide bonds. The van der Waals surface area contributed by atoms with Gasteiger partial charge in [-0.1, -0.05) is 24.3 Å². The highest BCUT2D eigenvalue weighted by Gasteiger charge is 2.31. The van der Waals surface area contributed by atoms with Gasteiger partial charge in [-0.3, -0.25) is 4.79 Å². The zero-order chi connectivity index (χ0) is 18.8. The number of phenols is 1. The number of rotatable bonds is 3. The highest BCUT2D eigenvalue weighted by atomic mass is 16.3. The maximum absolute atomic E-state index is 13.0. The van der Waals surface area contributed by atoms with Crippen molar-refractivity contribution in [1.29, 1.82) is 0 Å². The van der Waals surface area contributed by atoms with E-state index in [-0.39, 0.29) is 17.7 Å². The van der Waals surface area contributed by atoms with Crippen LogP contribution in [0.25, 0.3) is 0 Å². The second-order valence-corrected chi connectivity index (χ2v) is 6.43. The summed E-state index contributed by atoms with van der Waals surface area (Å²) < 4.78 is 0. The molecule has 1 aliphatic rings. The molecule has 3 rings (SSSR count). The van der Waals surface area contributed by atoms with Gasteiger partial charge in [0.25, 0.3) is 5.91 Å². The predicted octanol–water partition coefficient (Wildman–Crippen LogP) is 3.28. The summed E-state index contributed by atoms with van der Waals surface area (Å²) in [6.45, 7) is 5.58. The lowest BCUT2D eigenvalue weighted by atomic mass is 9.94. The summed E-state index contributed by atoms with van der Waals surface area (Å²) in [5.74, 6) is -0.169. The van der Waals surface area contributed by atoms with Crippen molar-refractivity contribution in [2.24, 2.45) is 0 Å². The summed E-state index contributed by atoms with van der Waals surface area (Å²) >= 11 is 0. The first-order valence-corrected chi connectivity index (χ1v) is 8.31. The van der Waals surface area contributed by atoms with Gasteiger partial charge in [0.15, 0.2) is 0 Å². The van der Waals surface area contributed by atoms with Gasteiger partial charge in [0.05, 0.1) is 11.6 Å². The van der Waals surface area contributed by atoms with Crippen molar-refractivity contribution >= 4 is 17.6 Å². The van der Waals surface area contributed by atoms with Crippen molar-refractivity contribution in [2.45, 2.75) is 26.8 Å². The zero-order valence-corrected chi connectivity index (χ0v) is 14.9. The molecule has 0 saturated heterocycles. The number of amides is 3. The highest BCUT2D eigenvalue weighted by molar-refractivity contribution is 6.07. The summed E-state index contributed by atoms with van der Waals surface area (Å²) in [6, 6.07) is 11.3. The van der Waals surface area contributed by atoms with Gasteiger partial charge in [-0.2, -0.15) is 0 Å². The molecule has 0 spiro atoms. The third-order valence-corrected chi connectivity index (χ3v) is 4.38.